The van der Waals surface area contributed by atoms with E-state index >= 15 is 0 Å². The van der Waals surface area contributed by atoms with Crippen LogP contribution in [-0.4, -0.2) is 25.2 Å². The molecular formula is C22H19Cl2FN2O3S. The van der Waals surface area contributed by atoms with Crippen molar-refractivity contribution in [3.63, 3.8) is 0 Å². The minimum absolute atomic E-state index is 0.0231. The fraction of sp³-hybridized carbons (Fsp3) is 0.136. The second-order valence-corrected chi connectivity index (χ2v) is 9.63. The molecule has 0 atom stereocenters. The van der Waals surface area contributed by atoms with E-state index in [4.69, 9.17) is 23.2 Å². The molecule has 162 valence electrons. The number of hydrogen-bond donors (Lipinski definition) is 1. The van der Waals surface area contributed by atoms with Crippen LogP contribution in [0.5, 0.6) is 0 Å². The van der Waals surface area contributed by atoms with Crippen LogP contribution in [0.1, 0.15) is 11.1 Å². The quantitative estimate of drug-likeness (QED) is 0.500. The van der Waals surface area contributed by atoms with E-state index < -0.39 is 34.8 Å². The van der Waals surface area contributed by atoms with Crippen molar-refractivity contribution in [2.45, 2.75) is 18.4 Å². The molecule has 31 heavy (non-hydrogen) atoms. The van der Waals surface area contributed by atoms with Gasteiger partial charge in [0.25, 0.3) is 0 Å². The molecule has 0 saturated heterocycles. The van der Waals surface area contributed by atoms with Crippen molar-refractivity contribution in [3.05, 3.63) is 93.7 Å². The van der Waals surface area contributed by atoms with Crippen molar-refractivity contribution in [1.82, 2.24) is 4.31 Å². The summed E-state index contributed by atoms with van der Waals surface area (Å²) in [5.41, 5.74) is 1.43. The van der Waals surface area contributed by atoms with Gasteiger partial charge in [-0.2, -0.15) is 4.31 Å². The van der Waals surface area contributed by atoms with Crippen molar-refractivity contribution in [3.8, 4) is 0 Å². The summed E-state index contributed by atoms with van der Waals surface area (Å²) in [6.45, 7) is 0.911. The molecule has 0 aromatic heterocycles. The predicted molar refractivity (Wildman–Crippen MR) is 120 cm³/mol. The Balaban J connectivity index is 1.93. The molecule has 3 rings (SSSR count). The number of sulfonamides is 1. The van der Waals surface area contributed by atoms with E-state index in [9.17, 15) is 17.6 Å². The third kappa shape index (κ3) is 5.83. The van der Waals surface area contributed by atoms with Crippen LogP contribution in [0.25, 0.3) is 0 Å². The molecule has 1 N–H and O–H groups in total. The SMILES string of the molecule is Cc1cccc(NC(=O)CN(Cc2c(F)cccc2Cl)S(=O)(=O)c2ccc(Cl)cc2)c1. The Kier molecular flexibility index (Phi) is 7.33. The maximum Gasteiger partial charge on any atom is 0.243 e. The van der Waals surface area contributed by atoms with Gasteiger partial charge in [-0.15, -0.1) is 0 Å². The molecule has 0 aliphatic carbocycles. The molecule has 0 heterocycles. The Hall–Kier alpha value is -2.45. The van der Waals surface area contributed by atoms with Crippen LogP contribution in [0.3, 0.4) is 0 Å². The number of hydrogen-bond acceptors (Lipinski definition) is 3. The molecule has 3 aromatic carbocycles. The number of carbonyl (C=O) groups is 1. The smallest absolute Gasteiger partial charge is 0.243 e. The third-order valence-electron chi connectivity index (χ3n) is 4.47. The van der Waals surface area contributed by atoms with Crippen LogP contribution in [-0.2, 0) is 21.4 Å². The maximum absolute atomic E-state index is 14.4. The number of carbonyl (C=O) groups excluding carboxylic acids is 1. The molecule has 0 fully saturated rings. The summed E-state index contributed by atoms with van der Waals surface area (Å²) >= 11 is 12.0. The van der Waals surface area contributed by atoms with Gasteiger partial charge in [-0.3, -0.25) is 4.79 Å². The average Bonchev–Trinajstić information content (AvgIpc) is 2.70. The van der Waals surface area contributed by atoms with Crippen molar-refractivity contribution in [1.29, 1.82) is 0 Å². The summed E-state index contributed by atoms with van der Waals surface area (Å²) < 4.78 is 41.7. The van der Waals surface area contributed by atoms with E-state index in [-0.39, 0.29) is 15.5 Å². The summed E-state index contributed by atoms with van der Waals surface area (Å²) in [4.78, 5) is 12.6. The van der Waals surface area contributed by atoms with Gasteiger partial charge in [-0.05, 0) is 61.0 Å². The first-order valence-electron chi connectivity index (χ1n) is 9.22. The van der Waals surface area contributed by atoms with Crippen LogP contribution < -0.4 is 5.32 Å². The Morgan fingerprint density at radius 3 is 2.35 bits per heavy atom. The Bertz CT molecular complexity index is 1180. The highest BCUT2D eigenvalue weighted by atomic mass is 35.5. The van der Waals surface area contributed by atoms with E-state index in [0.29, 0.717) is 10.7 Å². The average molecular weight is 481 g/mol. The second kappa shape index (κ2) is 9.78. The molecule has 0 spiro atoms. The summed E-state index contributed by atoms with van der Waals surface area (Å²) in [5, 5.41) is 3.09. The molecule has 0 aliphatic rings. The van der Waals surface area contributed by atoms with E-state index in [1.54, 1.807) is 18.2 Å². The van der Waals surface area contributed by atoms with Gasteiger partial charge in [0.15, 0.2) is 0 Å². The highest BCUT2D eigenvalue weighted by Crippen LogP contribution is 2.25. The monoisotopic (exact) mass is 480 g/mol. The highest BCUT2D eigenvalue weighted by molar-refractivity contribution is 7.89. The van der Waals surface area contributed by atoms with Crippen molar-refractivity contribution in [2.75, 3.05) is 11.9 Å². The largest absolute Gasteiger partial charge is 0.325 e. The highest BCUT2D eigenvalue weighted by Gasteiger charge is 2.28. The molecular weight excluding hydrogens is 462 g/mol. The standard InChI is InChI=1S/C22H19Cl2FN2O3S/c1-15-4-2-5-17(12-15)26-22(28)14-27(13-19-20(24)6-3-7-21(19)25)31(29,30)18-10-8-16(23)9-11-18/h2-12H,13-14H2,1H3,(H,26,28). The van der Waals surface area contributed by atoms with E-state index in [1.165, 1.54) is 42.5 Å². The van der Waals surface area contributed by atoms with E-state index in [1.807, 2.05) is 13.0 Å². The van der Waals surface area contributed by atoms with Gasteiger partial charge in [0.05, 0.1) is 11.4 Å². The first-order valence-corrected chi connectivity index (χ1v) is 11.4. The topological polar surface area (TPSA) is 66.5 Å². The number of aryl methyl sites for hydroxylation is 1. The zero-order chi connectivity index (χ0) is 22.6. The normalized spacial score (nSPS) is 11.5. The molecule has 1 amide bonds. The maximum atomic E-state index is 14.4. The lowest BCUT2D eigenvalue weighted by atomic mass is 10.2. The van der Waals surface area contributed by atoms with Crippen molar-refractivity contribution < 1.29 is 17.6 Å². The lowest BCUT2D eigenvalue weighted by molar-refractivity contribution is -0.116. The van der Waals surface area contributed by atoms with Crippen LogP contribution >= 0.6 is 23.2 Å². The minimum atomic E-state index is -4.16. The fourth-order valence-electron chi connectivity index (χ4n) is 2.92. The van der Waals surface area contributed by atoms with E-state index in [0.717, 1.165) is 9.87 Å². The lowest BCUT2D eigenvalue weighted by Gasteiger charge is -2.23. The van der Waals surface area contributed by atoms with Crippen molar-refractivity contribution >= 4 is 44.8 Å². The number of nitrogens with zero attached hydrogens (tertiary/aromatic N) is 1. The lowest BCUT2D eigenvalue weighted by Crippen LogP contribution is -2.37. The first kappa shape index (κ1) is 23.2. The zero-order valence-electron chi connectivity index (χ0n) is 16.5. The number of amides is 1. The van der Waals surface area contributed by atoms with Gasteiger partial charge in [0.1, 0.15) is 5.82 Å². The van der Waals surface area contributed by atoms with Gasteiger partial charge < -0.3 is 5.32 Å². The van der Waals surface area contributed by atoms with Crippen LogP contribution in [0.4, 0.5) is 10.1 Å². The molecule has 9 heteroatoms. The van der Waals surface area contributed by atoms with Crippen LogP contribution in [0.2, 0.25) is 10.0 Å². The van der Waals surface area contributed by atoms with Crippen LogP contribution in [0, 0.1) is 12.7 Å². The molecule has 0 saturated carbocycles. The van der Waals surface area contributed by atoms with Gasteiger partial charge in [0.2, 0.25) is 15.9 Å². The predicted octanol–water partition coefficient (Wildman–Crippen LogP) is 5.27. The van der Waals surface area contributed by atoms with E-state index in [2.05, 4.69) is 5.32 Å². The molecule has 0 bridgehead atoms. The van der Waals surface area contributed by atoms with Crippen molar-refractivity contribution in [2.24, 2.45) is 0 Å². The Morgan fingerprint density at radius 1 is 1.03 bits per heavy atom. The fourth-order valence-corrected chi connectivity index (χ4v) is 4.64. The van der Waals surface area contributed by atoms with Gasteiger partial charge >= 0.3 is 0 Å². The van der Waals surface area contributed by atoms with Gasteiger partial charge in [-0.1, -0.05) is 41.4 Å². The summed E-state index contributed by atoms with van der Waals surface area (Å²) in [6.07, 6.45) is 0. The van der Waals surface area contributed by atoms with Gasteiger partial charge in [0, 0.05) is 27.8 Å². The number of anilines is 1. The second-order valence-electron chi connectivity index (χ2n) is 6.84. The zero-order valence-corrected chi connectivity index (χ0v) is 18.8. The summed E-state index contributed by atoms with van der Waals surface area (Å²) in [7, 11) is -4.16. The minimum Gasteiger partial charge on any atom is -0.325 e. The Labute approximate surface area is 190 Å². The Morgan fingerprint density at radius 2 is 1.71 bits per heavy atom. The number of halogens is 3. The van der Waals surface area contributed by atoms with Gasteiger partial charge in [-0.25, -0.2) is 12.8 Å². The molecule has 3 aromatic rings. The summed E-state index contributed by atoms with van der Waals surface area (Å²) in [6, 6.07) is 16.6. The molecule has 5 nitrogen and oxygen atoms in total. The third-order valence-corrected chi connectivity index (χ3v) is 6.88. The first-order chi connectivity index (χ1) is 14.7. The molecule has 0 aliphatic heterocycles. The number of rotatable bonds is 7. The van der Waals surface area contributed by atoms with Crippen LogP contribution in [0.15, 0.2) is 71.6 Å². The summed E-state index contributed by atoms with van der Waals surface area (Å²) in [5.74, 6) is -1.24. The molecule has 0 unspecified atom stereocenters. The number of benzene rings is 3. The number of nitrogens with one attached hydrogen (secondary N) is 1. The molecule has 0 radical (unpaired) electrons.